The molecule has 16 heavy (non-hydrogen) atoms. The normalized spacial score (nSPS) is 11.1. The van der Waals surface area contributed by atoms with E-state index in [1.54, 1.807) is 0 Å². The Labute approximate surface area is 101 Å². The van der Waals surface area contributed by atoms with Gasteiger partial charge in [-0.1, -0.05) is 28.1 Å². The highest BCUT2D eigenvalue weighted by molar-refractivity contribution is 9.10. The summed E-state index contributed by atoms with van der Waals surface area (Å²) < 4.78 is 1.04. The average Bonchev–Trinajstić information content (AvgIpc) is 2.27. The van der Waals surface area contributed by atoms with Crippen molar-refractivity contribution in [1.82, 2.24) is 4.98 Å². The van der Waals surface area contributed by atoms with Gasteiger partial charge >= 0.3 is 0 Å². The van der Waals surface area contributed by atoms with Crippen molar-refractivity contribution in [2.24, 2.45) is 0 Å². The van der Waals surface area contributed by atoms with E-state index in [1.165, 1.54) is 0 Å². The molecule has 0 atom stereocenters. The quantitative estimate of drug-likeness (QED) is 0.500. The lowest BCUT2D eigenvalue weighted by Gasteiger charge is -2.04. The third-order valence-electron chi connectivity index (χ3n) is 2.65. The zero-order chi connectivity index (χ0) is 11.1. The molecular formula is C13H9BrN2. The molecule has 2 aromatic carbocycles. The second-order valence-corrected chi connectivity index (χ2v) is 4.65. The van der Waals surface area contributed by atoms with Gasteiger partial charge in [0, 0.05) is 20.9 Å². The third kappa shape index (κ3) is 1.44. The lowest BCUT2D eigenvalue weighted by Crippen LogP contribution is -1.89. The van der Waals surface area contributed by atoms with Crippen molar-refractivity contribution in [1.29, 1.82) is 0 Å². The summed E-state index contributed by atoms with van der Waals surface area (Å²) >= 11 is 3.45. The fourth-order valence-corrected chi connectivity index (χ4v) is 2.20. The summed E-state index contributed by atoms with van der Waals surface area (Å²) in [7, 11) is 0. The Kier molecular flexibility index (Phi) is 2.07. The maximum Gasteiger partial charge on any atom is 0.0730 e. The number of benzene rings is 2. The van der Waals surface area contributed by atoms with E-state index in [0.29, 0.717) is 0 Å². The molecule has 0 saturated heterocycles. The largest absolute Gasteiger partial charge is 0.398 e. The van der Waals surface area contributed by atoms with Crippen LogP contribution in [0.4, 0.5) is 5.69 Å². The maximum atomic E-state index is 5.93. The Bertz CT molecular complexity index is 691. The first-order valence-corrected chi connectivity index (χ1v) is 5.78. The van der Waals surface area contributed by atoms with Gasteiger partial charge in [-0.15, -0.1) is 0 Å². The molecule has 0 fully saturated rings. The van der Waals surface area contributed by atoms with Gasteiger partial charge < -0.3 is 5.73 Å². The van der Waals surface area contributed by atoms with E-state index in [4.69, 9.17) is 5.73 Å². The van der Waals surface area contributed by atoms with Crippen LogP contribution in [0.1, 0.15) is 0 Å². The molecule has 1 aromatic heterocycles. The van der Waals surface area contributed by atoms with Gasteiger partial charge in [0.05, 0.1) is 11.0 Å². The van der Waals surface area contributed by atoms with Gasteiger partial charge in [0.2, 0.25) is 0 Å². The highest BCUT2D eigenvalue weighted by Gasteiger charge is 2.02. The molecule has 0 bridgehead atoms. The van der Waals surface area contributed by atoms with E-state index in [9.17, 15) is 0 Å². The van der Waals surface area contributed by atoms with Gasteiger partial charge in [-0.3, -0.25) is 0 Å². The Morgan fingerprint density at radius 3 is 2.75 bits per heavy atom. The van der Waals surface area contributed by atoms with Crippen LogP contribution in [-0.4, -0.2) is 4.98 Å². The number of aromatic nitrogens is 1. The molecule has 78 valence electrons. The fourth-order valence-electron chi connectivity index (χ4n) is 1.85. The SMILES string of the molecule is Nc1cccc2nc3cc(Br)ccc3cc12. The standard InChI is InChI=1S/C13H9BrN2/c14-9-5-4-8-6-10-11(15)2-1-3-12(10)16-13(8)7-9/h1-7H,15H2. The van der Waals surface area contributed by atoms with Gasteiger partial charge in [-0.05, 0) is 30.3 Å². The molecule has 0 aliphatic heterocycles. The number of nitrogen functional groups attached to an aromatic ring is 1. The van der Waals surface area contributed by atoms with Crippen molar-refractivity contribution in [2.75, 3.05) is 5.73 Å². The molecule has 2 nitrogen and oxygen atoms in total. The zero-order valence-corrected chi connectivity index (χ0v) is 10.0. The van der Waals surface area contributed by atoms with Gasteiger partial charge in [0.25, 0.3) is 0 Å². The first-order chi connectivity index (χ1) is 7.74. The van der Waals surface area contributed by atoms with Crippen LogP contribution in [0.15, 0.2) is 46.9 Å². The van der Waals surface area contributed by atoms with E-state index in [2.05, 4.69) is 27.0 Å². The van der Waals surface area contributed by atoms with E-state index in [-0.39, 0.29) is 0 Å². The fraction of sp³-hybridized carbons (Fsp3) is 0. The number of nitrogens with zero attached hydrogens (tertiary/aromatic N) is 1. The van der Waals surface area contributed by atoms with Crippen LogP contribution < -0.4 is 5.73 Å². The molecule has 1 heterocycles. The second kappa shape index (κ2) is 3.46. The van der Waals surface area contributed by atoms with Crippen molar-refractivity contribution in [3.63, 3.8) is 0 Å². The predicted molar refractivity (Wildman–Crippen MR) is 71.4 cm³/mol. The van der Waals surface area contributed by atoms with Crippen LogP contribution in [0.25, 0.3) is 21.8 Å². The Morgan fingerprint density at radius 2 is 1.88 bits per heavy atom. The number of pyridine rings is 1. The van der Waals surface area contributed by atoms with Crippen molar-refractivity contribution >= 4 is 43.4 Å². The Balaban J connectivity index is 2.49. The molecule has 2 N–H and O–H groups in total. The minimum absolute atomic E-state index is 0.773. The minimum atomic E-state index is 0.773. The number of nitrogens with two attached hydrogens (primary N) is 1. The highest BCUT2D eigenvalue weighted by atomic mass is 79.9. The molecule has 0 amide bonds. The number of rotatable bonds is 0. The Hall–Kier alpha value is -1.61. The summed E-state index contributed by atoms with van der Waals surface area (Å²) in [5.74, 6) is 0. The molecule has 0 unspecified atom stereocenters. The summed E-state index contributed by atoms with van der Waals surface area (Å²) in [5.41, 5.74) is 8.62. The summed E-state index contributed by atoms with van der Waals surface area (Å²) in [6, 6.07) is 13.9. The molecular weight excluding hydrogens is 264 g/mol. The van der Waals surface area contributed by atoms with E-state index < -0.39 is 0 Å². The topological polar surface area (TPSA) is 38.9 Å². The molecule has 3 heteroatoms. The molecule has 0 aliphatic carbocycles. The van der Waals surface area contributed by atoms with Gasteiger partial charge in [0.15, 0.2) is 0 Å². The number of halogens is 1. The maximum absolute atomic E-state index is 5.93. The van der Waals surface area contributed by atoms with E-state index in [0.717, 1.165) is 32.0 Å². The van der Waals surface area contributed by atoms with Crippen LogP contribution in [0.5, 0.6) is 0 Å². The van der Waals surface area contributed by atoms with Gasteiger partial charge in [0.1, 0.15) is 0 Å². The van der Waals surface area contributed by atoms with Gasteiger partial charge in [-0.2, -0.15) is 0 Å². The minimum Gasteiger partial charge on any atom is -0.398 e. The van der Waals surface area contributed by atoms with Crippen LogP contribution in [-0.2, 0) is 0 Å². The van der Waals surface area contributed by atoms with E-state index in [1.807, 2.05) is 36.4 Å². The lowest BCUT2D eigenvalue weighted by atomic mass is 10.1. The lowest BCUT2D eigenvalue weighted by molar-refractivity contribution is 1.49. The number of hydrogen-bond donors (Lipinski definition) is 1. The summed E-state index contributed by atoms with van der Waals surface area (Å²) in [6.45, 7) is 0. The summed E-state index contributed by atoms with van der Waals surface area (Å²) in [4.78, 5) is 4.59. The molecule has 0 saturated carbocycles. The number of anilines is 1. The van der Waals surface area contributed by atoms with Crippen LogP contribution in [0.2, 0.25) is 0 Å². The molecule has 0 spiro atoms. The van der Waals surface area contributed by atoms with Gasteiger partial charge in [-0.25, -0.2) is 4.98 Å². The highest BCUT2D eigenvalue weighted by Crippen LogP contribution is 2.25. The van der Waals surface area contributed by atoms with Crippen molar-refractivity contribution < 1.29 is 0 Å². The summed E-state index contributed by atoms with van der Waals surface area (Å²) in [6.07, 6.45) is 0. The monoisotopic (exact) mass is 272 g/mol. The van der Waals surface area contributed by atoms with E-state index >= 15 is 0 Å². The average molecular weight is 273 g/mol. The zero-order valence-electron chi connectivity index (χ0n) is 8.44. The van der Waals surface area contributed by atoms with Crippen LogP contribution >= 0.6 is 15.9 Å². The number of fused-ring (bicyclic) bond motifs is 2. The summed E-state index contributed by atoms with van der Waals surface area (Å²) in [5, 5.41) is 2.12. The first kappa shape index (κ1) is 9.60. The smallest absolute Gasteiger partial charge is 0.0730 e. The number of hydrogen-bond acceptors (Lipinski definition) is 2. The van der Waals surface area contributed by atoms with Crippen molar-refractivity contribution in [2.45, 2.75) is 0 Å². The second-order valence-electron chi connectivity index (χ2n) is 3.74. The first-order valence-electron chi connectivity index (χ1n) is 4.98. The molecule has 3 rings (SSSR count). The predicted octanol–water partition coefficient (Wildman–Crippen LogP) is 3.73. The Morgan fingerprint density at radius 1 is 1.00 bits per heavy atom. The molecule has 3 aromatic rings. The molecule has 0 radical (unpaired) electrons. The van der Waals surface area contributed by atoms with Crippen molar-refractivity contribution in [3.05, 3.63) is 46.9 Å². The molecule has 0 aliphatic rings. The van der Waals surface area contributed by atoms with Crippen LogP contribution in [0.3, 0.4) is 0 Å². The van der Waals surface area contributed by atoms with Crippen LogP contribution in [0, 0.1) is 0 Å². The van der Waals surface area contributed by atoms with Crippen molar-refractivity contribution in [3.8, 4) is 0 Å². The third-order valence-corrected chi connectivity index (χ3v) is 3.14.